The number of aromatic nitrogens is 2. The normalized spacial score (nSPS) is 15.0. The number of hydrogen-bond acceptors (Lipinski definition) is 5. The van der Waals surface area contributed by atoms with Crippen LogP contribution in [-0.4, -0.2) is 48.1 Å². The fourth-order valence-electron chi connectivity index (χ4n) is 3.53. The summed E-state index contributed by atoms with van der Waals surface area (Å²) >= 11 is 0. The van der Waals surface area contributed by atoms with Crippen molar-refractivity contribution in [3.8, 4) is 11.3 Å². The number of benzene rings is 2. The molecule has 4 rings (SSSR count). The molecule has 5 heteroatoms. The van der Waals surface area contributed by atoms with Crippen molar-refractivity contribution < 1.29 is 0 Å². The van der Waals surface area contributed by atoms with Crippen LogP contribution in [0, 0.1) is 0 Å². The summed E-state index contributed by atoms with van der Waals surface area (Å²) in [6, 6.07) is 20.9. The molecule has 29 heavy (non-hydrogen) atoms. The van der Waals surface area contributed by atoms with Crippen LogP contribution in [0.3, 0.4) is 0 Å². The zero-order chi connectivity index (χ0) is 20.2. The lowest BCUT2D eigenvalue weighted by Gasteiger charge is -2.33. The Kier molecular flexibility index (Phi) is 5.76. The maximum absolute atomic E-state index is 4.85. The molecule has 1 fully saturated rings. The third-order valence-corrected chi connectivity index (χ3v) is 5.44. The van der Waals surface area contributed by atoms with Crippen LogP contribution in [0.4, 0.5) is 17.5 Å². The number of likely N-dealkylation sites (N-methyl/N-ethyl adjacent to an activating group) is 1. The fourth-order valence-corrected chi connectivity index (χ4v) is 3.53. The lowest BCUT2D eigenvalue weighted by Crippen LogP contribution is -2.44. The standard InChI is InChI=1S/C24H29N5/c1-18(2)19-9-11-21(12-10-19)25-24-26-22(20-7-5-4-6-8-20)17-23(27-24)29-15-13-28(3)14-16-29/h4-12,17-18H,13-16H2,1-3H3,(H,25,26,27). The van der Waals surface area contributed by atoms with Gasteiger partial charge in [-0.2, -0.15) is 4.98 Å². The average Bonchev–Trinajstić information content (AvgIpc) is 2.75. The molecule has 0 atom stereocenters. The molecule has 2 aromatic carbocycles. The van der Waals surface area contributed by atoms with E-state index in [-0.39, 0.29) is 0 Å². The smallest absolute Gasteiger partial charge is 0.229 e. The maximum atomic E-state index is 4.85. The lowest BCUT2D eigenvalue weighted by molar-refractivity contribution is 0.312. The van der Waals surface area contributed by atoms with Gasteiger partial charge in [0, 0.05) is 43.5 Å². The van der Waals surface area contributed by atoms with E-state index in [1.165, 1.54) is 5.56 Å². The highest BCUT2D eigenvalue weighted by Gasteiger charge is 2.17. The second kappa shape index (κ2) is 8.62. The van der Waals surface area contributed by atoms with Crippen LogP contribution in [0.15, 0.2) is 60.7 Å². The van der Waals surface area contributed by atoms with E-state index in [1.54, 1.807) is 0 Å². The molecule has 0 radical (unpaired) electrons. The van der Waals surface area contributed by atoms with E-state index in [0.717, 1.165) is 48.9 Å². The van der Waals surface area contributed by atoms with Gasteiger partial charge >= 0.3 is 0 Å². The number of piperazine rings is 1. The Balaban J connectivity index is 1.65. The molecule has 0 bridgehead atoms. The van der Waals surface area contributed by atoms with Crippen LogP contribution >= 0.6 is 0 Å². The van der Waals surface area contributed by atoms with Crippen LogP contribution in [0.5, 0.6) is 0 Å². The number of nitrogens with one attached hydrogen (secondary N) is 1. The van der Waals surface area contributed by atoms with Crippen LogP contribution in [-0.2, 0) is 0 Å². The summed E-state index contributed by atoms with van der Waals surface area (Å²) < 4.78 is 0. The van der Waals surface area contributed by atoms with Crippen molar-refractivity contribution in [1.29, 1.82) is 0 Å². The van der Waals surface area contributed by atoms with E-state index in [4.69, 9.17) is 9.97 Å². The van der Waals surface area contributed by atoms with Gasteiger partial charge in [-0.05, 0) is 30.7 Å². The van der Waals surface area contributed by atoms with Gasteiger partial charge in [-0.3, -0.25) is 0 Å². The largest absolute Gasteiger partial charge is 0.354 e. The van der Waals surface area contributed by atoms with Crippen molar-refractivity contribution in [3.63, 3.8) is 0 Å². The molecule has 1 aromatic heterocycles. The molecule has 2 heterocycles. The van der Waals surface area contributed by atoms with Gasteiger partial charge in [0.15, 0.2) is 0 Å². The van der Waals surface area contributed by atoms with E-state index in [0.29, 0.717) is 11.9 Å². The molecule has 0 amide bonds. The van der Waals surface area contributed by atoms with Gasteiger partial charge in [0.25, 0.3) is 0 Å². The summed E-state index contributed by atoms with van der Waals surface area (Å²) in [5.41, 5.74) is 4.37. The number of anilines is 3. The van der Waals surface area contributed by atoms with Crippen molar-refractivity contribution in [2.45, 2.75) is 19.8 Å². The molecule has 1 aliphatic rings. The van der Waals surface area contributed by atoms with Gasteiger partial charge in [0.2, 0.25) is 5.95 Å². The average molecular weight is 388 g/mol. The van der Waals surface area contributed by atoms with E-state index in [1.807, 2.05) is 18.2 Å². The third kappa shape index (κ3) is 4.74. The Labute approximate surface area is 173 Å². The minimum absolute atomic E-state index is 0.519. The zero-order valence-corrected chi connectivity index (χ0v) is 17.5. The van der Waals surface area contributed by atoms with Crippen molar-refractivity contribution >= 4 is 17.5 Å². The molecule has 0 unspecified atom stereocenters. The molecule has 0 aliphatic carbocycles. The van der Waals surface area contributed by atoms with Gasteiger partial charge in [0.1, 0.15) is 5.82 Å². The van der Waals surface area contributed by atoms with Crippen molar-refractivity contribution in [3.05, 3.63) is 66.2 Å². The first kappa shape index (κ1) is 19.4. The molecule has 150 valence electrons. The second-order valence-corrected chi connectivity index (χ2v) is 7.99. The molecule has 0 saturated carbocycles. The number of hydrogen-bond donors (Lipinski definition) is 1. The molecule has 3 aromatic rings. The first-order valence-corrected chi connectivity index (χ1v) is 10.3. The fraction of sp³-hybridized carbons (Fsp3) is 0.333. The predicted molar refractivity (Wildman–Crippen MR) is 121 cm³/mol. The molecule has 1 saturated heterocycles. The highest BCUT2D eigenvalue weighted by Crippen LogP contribution is 2.26. The van der Waals surface area contributed by atoms with Gasteiger partial charge in [-0.1, -0.05) is 56.3 Å². The summed E-state index contributed by atoms with van der Waals surface area (Å²) in [5, 5.41) is 3.41. The highest BCUT2D eigenvalue weighted by atomic mass is 15.3. The predicted octanol–water partition coefficient (Wildman–Crippen LogP) is 4.76. The monoisotopic (exact) mass is 387 g/mol. The van der Waals surface area contributed by atoms with Crippen molar-refractivity contribution in [2.75, 3.05) is 43.4 Å². The Morgan fingerprint density at radius 1 is 0.862 bits per heavy atom. The quantitative estimate of drug-likeness (QED) is 0.684. The topological polar surface area (TPSA) is 44.3 Å². The lowest BCUT2D eigenvalue weighted by atomic mass is 10.0. The maximum Gasteiger partial charge on any atom is 0.229 e. The molecule has 0 spiro atoms. The first-order valence-electron chi connectivity index (χ1n) is 10.3. The molecule has 1 N–H and O–H groups in total. The molecule has 5 nitrogen and oxygen atoms in total. The summed E-state index contributed by atoms with van der Waals surface area (Å²) in [7, 11) is 2.17. The zero-order valence-electron chi connectivity index (χ0n) is 17.5. The molecular weight excluding hydrogens is 358 g/mol. The Hall–Kier alpha value is -2.92. The minimum Gasteiger partial charge on any atom is -0.354 e. The van der Waals surface area contributed by atoms with Gasteiger partial charge in [-0.25, -0.2) is 4.98 Å². The van der Waals surface area contributed by atoms with Crippen LogP contribution in [0.25, 0.3) is 11.3 Å². The minimum atomic E-state index is 0.519. The second-order valence-electron chi connectivity index (χ2n) is 7.99. The summed E-state index contributed by atoms with van der Waals surface area (Å²) in [6.45, 7) is 8.46. The van der Waals surface area contributed by atoms with E-state index >= 15 is 0 Å². The van der Waals surface area contributed by atoms with E-state index < -0.39 is 0 Å². The van der Waals surface area contributed by atoms with Crippen LogP contribution in [0.1, 0.15) is 25.3 Å². The SMILES string of the molecule is CC(C)c1ccc(Nc2nc(-c3ccccc3)cc(N3CCN(C)CC3)n2)cc1. The third-order valence-electron chi connectivity index (χ3n) is 5.44. The summed E-state index contributed by atoms with van der Waals surface area (Å²) in [4.78, 5) is 14.4. The summed E-state index contributed by atoms with van der Waals surface area (Å²) in [6.07, 6.45) is 0. The Bertz CT molecular complexity index is 929. The highest BCUT2D eigenvalue weighted by molar-refractivity contribution is 5.66. The van der Waals surface area contributed by atoms with Crippen molar-refractivity contribution in [2.24, 2.45) is 0 Å². The number of nitrogens with zero attached hydrogens (tertiary/aromatic N) is 4. The first-order chi connectivity index (χ1) is 14.1. The molecular formula is C24H29N5. The van der Waals surface area contributed by atoms with Crippen LogP contribution < -0.4 is 10.2 Å². The van der Waals surface area contributed by atoms with E-state index in [9.17, 15) is 0 Å². The summed E-state index contributed by atoms with van der Waals surface area (Å²) in [5.74, 6) is 2.14. The number of rotatable bonds is 5. The van der Waals surface area contributed by atoms with Crippen molar-refractivity contribution in [1.82, 2.24) is 14.9 Å². The Morgan fingerprint density at radius 2 is 1.55 bits per heavy atom. The van der Waals surface area contributed by atoms with Gasteiger partial charge < -0.3 is 15.1 Å². The van der Waals surface area contributed by atoms with Crippen LogP contribution in [0.2, 0.25) is 0 Å². The van der Waals surface area contributed by atoms with Gasteiger partial charge in [-0.15, -0.1) is 0 Å². The Morgan fingerprint density at radius 3 is 2.21 bits per heavy atom. The van der Waals surface area contributed by atoms with Gasteiger partial charge in [0.05, 0.1) is 5.69 Å². The van der Waals surface area contributed by atoms with E-state index in [2.05, 4.69) is 78.5 Å². The molecule has 1 aliphatic heterocycles.